The minimum Gasteiger partial charge on any atom is -0.286 e. The third-order valence-electron chi connectivity index (χ3n) is 13.8. The molecule has 4 aliphatic carbocycles. The smallest absolute Gasteiger partial charge is 0.0628 e. The second kappa shape index (κ2) is 20.5. The van der Waals surface area contributed by atoms with Crippen LogP contribution in [0.3, 0.4) is 0 Å². The van der Waals surface area contributed by atoms with Crippen LogP contribution in [0.1, 0.15) is 103 Å². The van der Waals surface area contributed by atoms with E-state index in [-0.39, 0.29) is 96.4 Å². The SMILES string of the molecule is C1CCC2C3NC(NC4NC(NC5NC(NC6NC(N3)C3CCCCC63)C3CCCCC53)C3CCCCC43)C2C1.Cl.Cl.Cl.Cl.Cl.Cl.[SiH4].[SiH4]. The summed E-state index contributed by atoms with van der Waals surface area (Å²) >= 11 is 0. The van der Waals surface area contributed by atoms with Crippen LogP contribution in [0, 0.1) is 47.3 Å². The van der Waals surface area contributed by atoms with Crippen LogP contribution in [-0.4, -0.2) is 71.3 Å². The Kier molecular flexibility index (Phi) is 20.5. The summed E-state index contributed by atoms with van der Waals surface area (Å²) in [6, 6.07) is 0. The normalized spacial score (nSPS) is 48.0. The van der Waals surface area contributed by atoms with Crippen molar-refractivity contribution in [1.29, 1.82) is 0 Å². The molecular weight excluding hydrogens is 765 g/mol. The van der Waals surface area contributed by atoms with E-state index in [0.717, 1.165) is 47.3 Å². The van der Waals surface area contributed by atoms with Gasteiger partial charge in [-0.2, -0.15) is 0 Å². The van der Waals surface area contributed by atoms with Crippen LogP contribution in [0.15, 0.2) is 0 Å². The van der Waals surface area contributed by atoms with E-state index in [1.54, 1.807) is 0 Å². The highest BCUT2D eigenvalue weighted by molar-refractivity contribution is 5.86. The van der Waals surface area contributed by atoms with Gasteiger partial charge in [0, 0.05) is 0 Å². The average Bonchev–Trinajstić information content (AvgIpc) is 3.73. The molecule has 9 aliphatic rings. The first-order valence-electron chi connectivity index (χ1n) is 17.9. The van der Waals surface area contributed by atoms with Crippen molar-refractivity contribution in [3.05, 3.63) is 0 Å². The fourth-order valence-electron chi connectivity index (χ4n) is 12.0. The molecule has 8 bridgehead atoms. The first-order valence-corrected chi connectivity index (χ1v) is 17.9. The topological polar surface area (TPSA) is 96.2 Å². The molecular formula is C32H70Cl6N8Si2. The molecule has 0 amide bonds. The van der Waals surface area contributed by atoms with Crippen LogP contribution in [-0.2, 0) is 0 Å². The van der Waals surface area contributed by atoms with Gasteiger partial charge in [-0.3, -0.25) is 42.5 Å². The number of fused-ring (bicyclic) bond motifs is 20. The monoisotopic (exact) mass is 832 g/mol. The molecule has 16 heteroatoms. The van der Waals surface area contributed by atoms with Crippen LogP contribution < -0.4 is 42.5 Å². The van der Waals surface area contributed by atoms with Crippen molar-refractivity contribution in [2.24, 2.45) is 47.3 Å². The molecule has 288 valence electrons. The van der Waals surface area contributed by atoms with Crippen molar-refractivity contribution >= 4 is 96.4 Å². The molecule has 9 fully saturated rings. The van der Waals surface area contributed by atoms with Crippen molar-refractivity contribution in [2.45, 2.75) is 152 Å². The minimum atomic E-state index is 0. The van der Waals surface area contributed by atoms with Crippen molar-refractivity contribution in [2.75, 3.05) is 0 Å². The molecule has 0 aromatic carbocycles. The lowest BCUT2D eigenvalue weighted by molar-refractivity contribution is 0.167. The Balaban J connectivity index is 0.00000144. The molecule has 48 heavy (non-hydrogen) atoms. The zero-order chi connectivity index (χ0) is 26.2. The average molecular weight is 836 g/mol. The maximum atomic E-state index is 4.26. The molecule has 0 aromatic heterocycles. The van der Waals surface area contributed by atoms with Crippen molar-refractivity contribution < 1.29 is 0 Å². The van der Waals surface area contributed by atoms with Gasteiger partial charge in [0.2, 0.25) is 0 Å². The van der Waals surface area contributed by atoms with Crippen LogP contribution in [0.4, 0.5) is 0 Å². The van der Waals surface area contributed by atoms with Crippen molar-refractivity contribution in [1.82, 2.24) is 42.5 Å². The van der Waals surface area contributed by atoms with Crippen LogP contribution in [0.2, 0.25) is 0 Å². The third kappa shape index (κ3) is 8.71. The Labute approximate surface area is 336 Å². The van der Waals surface area contributed by atoms with Gasteiger partial charge in [-0.25, -0.2) is 0 Å². The maximum Gasteiger partial charge on any atom is 0.0628 e. The lowest BCUT2D eigenvalue weighted by atomic mass is 9.76. The predicted molar refractivity (Wildman–Crippen MR) is 223 cm³/mol. The molecule has 5 saturated heterocycles. The maximum absolute atomic E-state index is 4.26. The summed E-state index contributed by atoms with van der Waals surface area (Å²) in [6.45, 7) is 0. The fourth-order valence-corrected chi connectivity index (χ4v) is 12.0. The van der Waals surface area contributed by atoms with Gasteiger partial charge in [0.05, 0.1) is 49.3 Å². The number of nitrogens with one attached hydrogen (secondary N) is 8. The number of hydrogen-bond donors (Lipinski definition) is 8. The Morgan fingerprint density at radius 3 is 0.417 bits per heavy atom. The predicted octanol–water partition coefficient (Wildman–Crippen LogP) is 2.23. The lowest BCUT2D eigenvalue weighted by Gasteiger charge is -2.35. The summed E-state index contributed by atoms with van der Waals surface area (Å²) in [6.07, 6.45) is 25.6. The molecule has 8 unspecified atom stereocenters. The standard InChI is InChI=1S/C32H56N8.6ClH.2H4Si/c1-2-10-18-17(9-1)25-33-26(18)38-28-21-13-5-6-14-22(21)30(35-28)40-32-24-16-8-7-15-23(24)31(36-32)39-29-20-12-4-3-11-19(20)27(34-29)37-25;;;;;;;;/h17-40H,1-16H2;6*1H;2*1H4. The Morgan fingerprint density at radius 2 is 0.312 bits per heavy atom. The summed E-state index contributed by atoms with van der Waals surface area (Å²) in [7, 11) is 0. The van der Waals surface area contributed by atoms with Crippen molar-refractivity contribution in [3.8, 4) is 0 Å². The second-order valence-electron chi connectivity index (χ2n) is 15.6. The molecule has 8 N–H and O–H groups in total. The molecule has 5 aliphatic heterocycles. The highest BCUT2D eigenvalue weighted by Crippen LogP contribution is 2.45. The van der Waals surface area contributed by atoms with E-state index < -0.39 is 0 Å². The first kappa shape index (κ1) is 47.9. The van der Waals surface area contributed by atoms with Gasteiger partial charge in [0.15, 0.2) is 0 Å². The molecule has 8 atom stereocenters. The van der Waals surface area contributed by atoms with Gasteiger partial charge in [-0.15, -0.1) is 74.4 Å². The van der Waals surface area contributed by atoms with Gasteiger partial charge in [0.25, 0.3) is 0 Å². The van der Waals surface area contributed by atoms with E-state index in [9.17, 15) is 0 Å². The van der Waals surface area contributed by atoms with Crippen LogP contribution in [0.5, 0.6) is 0 Å². The largest absolute Gasteiger partial charge is 0.286 e. The quantitative estimate of drug-likeness (QED) is 0.177. The molecule has 4 saturated carbocycles. The number of rotatable bonds is 0. The summed E-state index contributed by atoms with van der Waals surface area (Å²) < 4.78 is 0. The van der Waals surface area contributed by atoms with Gasteiger partial charge in [0.1, 0.15) is 0 Å². The van der Waals surface area contributed by atoms with E-state index in [2.05, 4.69) is 42.5 Å². The van der Waals surface area contributed by atoms with Crippen LogP contribution in [0.25, 0.3) is 0 Å². The van der Waals surface area contributed by atoms with Gasteiger partial charge in [-0.05, 0) is 121 Å². The molecule has 8 nitrogen and oxygen atoms in total. The molecule has 0 spiro atoms. The van der Waals surface area contributed by atoms with E-state index in [1.807, 2.05) is 0 Å². The highest BCUT2D eigenvalue weighted by Gasteiger charge is 2.54. The van der Waals surface area contributed by atoms with E-state index in [1.165, 1.54) is 103 Å². The van der Waals surface area contributed by atoms with E-state index in [0.29, 0.717) is 49.3 Å². The number of hydrogen-bond acceptors (Lipinski definition) is 8. The Morgan fingerprint density at radius 1 is 0.208 bits per heavy atom. The molecule has 5 heterocycles. The van der Waals surface area contributed by atoms with E-state index >= 15 is 0 Å². The van der Waals surface area contributed by atoms with E-state index in [4.69, 9.17) is 0 Å². The van der Waals surface area contributed by atoms with Gasteiger partial charge in [-0.1, -0.05) is 51.4 Å². The van der Waals surface area contributed by atoms with Crippen LogP contribution >= 0.6 is 74.4 Å². The highest BCUT2D eigenvalue weighted by atomic mass is 35.5. The fraction of sp³-hybridized carbons (Fsp3) is 1.00. The molecule has 9 rings (SSSR count). The minimum absolute atomic E-state index is 0. The first-order chi connectivity index (χ1) is 19.8. The summed E-state index contributed by atoms with van der Waals surface area (Å²) in [5.41, 5.74) is 0. The Bertz CT molecular complexity index is 747. The number of halogens is 6. The van der Waals surface area contributed by atoms with Gasteiger partial charge >= 0.3 is 0 Å². The molecule has 0 radical (unpaired) electrons. The third-order valence-corrected chi connectivity index (χ3v) is 13.8. The van der Waals surface area contributed by atoms with Gasteiger partial charge < -0.3 is 0 Å². The zero-order valence-electron chi connectivity index (χ0n) is 27.0. The van der Waals surface area contributed by atoms with Crippen molar-refractivity contribution in [3.63, 3.8) is 0 Å². The summed E-state index contributed by atoms with van der Waals surface area (Å²) in [4.78, 5) is 0. The summed E-state index contributed by atoms with van der Waals surface area (Å²) in [5, 5.41) is 33.8. The lowest BCUT2D eigenvalue weighted by Crippen LogP contribution is -2.61. The zero-order valence-corrected chi connectivity index (χ0v) is 31.9. The molecule has 0 aromatic rings. The summed E-state index contributed by atoms with van der Waals surface area (Å²) in [5.74, 6) is 5.97. The Hall–Kier alpha value is 1.85. The second-order valence-corrected chi connectivity index (χ2v) is 15.6.